The molecular formula is C30H35N5O2. The summed E-state index contributed by atoms with van der Waals surface area (Å²) >= 11 is 0. The third-order valence-corrected chi connectivity index (χ3v) is 7.37. The number of likely N-dealkylation sites (tertiary alicyclic amines) is 1. The number of aromatic nitrogens is 1. The van der Waals surface area contributed by atoms with Crippen LogP contribution in [0, 0.1) is 0 Å². The van der Waals surface area contributed by atoms with Crippen LogP contribution >= 0.6 is 0 Å². The summed E-state index contributed by atoms with van der Waals surface area (Å²) in [6, 6.07) is 23.7. The number of carbonyl (C=O) groups is 2. The molecule has 2 aromatic carbocycles. The number of carbonyl (C=O) groups excluding carboxylic acids is 2. The molecule has 1 N–H and O–H groups in total. The summed E-state index contributed by atoms with van der Waals surface area (Å²) in [4.78, 5) is 37.0. The molecule has 2 fully saturated rings. The van der Waals surface area contributed by atoms with E-state index in [1.54, 1.807) is 6.07 Å². The lowest BCUT2D eigenvalue weighted by molar-refractivity contribution is 0.0664. The summed E-state index contributed by atoms with van der Waals surface area (Å²) in [5.74, 6) is -0.0687. The lowest BCUT2D eigenvalue weighted by atomic mass is 10.0. The van der Waals surface area contributed by atoms with Gasteiger partial charge in [0.2, 0.25) is 0 Å². The summed E-state index contributed by atoms with van der Waals surface area (Å²) in [7, 11) is 2.08. The van der Waals surface area contributed by atoms with Crippen molar-refractivity contribution in [1.29, 1.82) is 0 Å². The van der Waals surface area contributed by atoms with Gasteiger partial charge in [0, 0.05) is 63.0 Å². The number of piperazine rings is 1. The summed E-state index contributed by atoms with van der Waals surface area (Å²) in [5, 5.41) is 3.18. The molecule has 1 aromatic heterocycles. The molecule has 3 heterocycles. The van der Waals surface area contributed by atoms with Gasteiger partial charge in [0.25, 0.3) is 11.8 Å². The van der Waals surface area contributed by atoms with Gasteiger partial charge in [0.1, 0.15) is 5.69 Å². The van der Waals surface area contributed by atoms with Crippen molar-refractivity contribution in [3.8, 4) is 11.3 Å². The Bertz CT molecular complexity index is 1200. The number of piperidine rings is 1. The molecule has 0 radical (unpaired) electrons. The average Bonchev–Trinajstić information content (AvgIpc) is 2.95. The Morgan fingerprint density at radius 1 is 0.838 bits per heavy atom. The van der Waals surface area contributed by atoms with E-state index >= 15 is 0 Å². The number of likely N-dealkylation sites (N-methyl/N-ethyl adjacent to an activating group) is 1. The van der Waals surface area contributed by atoms with Crippen molar-refractivity contribution < 1.29 is 9.59 Å². The van der Waals surface area contributed by atoms with Gasteiger partial charge in [0.05, 0.1) is 5.69 Å². The molecule has 0 saturated carbocycles. The number of hydrogen-bond donors (Lipinski definition) is 1. The van der Waals surface area contributed by atoms with E-state index in [1.807, 2.05) is 47.4 Å². The number of pyridine rings is 1. The summed E-state index contributed by atoms with van der Waals surface area (Å²) in [6.07, 6.45) is 1.86. The molecule has 3 aromatic rings. The highest BCUT2D eigenvalue weighted by Crippen LogP contribution is 2.20. The Hall–Kier alpha value is -3.55. The largest absolute Gasteiger partial charge is 0.348 e. The van der Waals surface area contributed by atoms with Gasteiger partial charge in [-0.15, -0.1) is 0 Å². The number of nitrogens with one attached hydrogen (secondary N) is 1. The van der Waals surface area contributed by atoms with Gasteiger partial charge >= 0.3 is 0 Å². The Balaban J connectivity index is 1.16. The number of benzene rings is 2. The Kier molecular flexibility index (Phi) is 7.92. The van der Waals surface area contributed by atoms with Crippen LogP contribution in [0.2, 0.25) is 0 Å². The molecule has 2 saturated heterocycles. The van der Waals surface area contributed by atoms with Gasteiger partial charge in [-0.2, -0.15) is 0 Å². The number of nitrogens with zero attached hydrogens (tertiary/aromatic N) is 4. The van der Waals surface area contributed by atoms with E-state index in [0.29, 0.717) is 11.3 Å². The minimum atomic E-state index is -0.134. The van der Waals surface area contributed by atoms with Crippen molar-refractivity contribution in [2.45, 2.75) is 25.4 Å². The molecule has 7 nitrogen and oxygen atoms in total. The zero-order chi connectivity index (χ0) is 25.6. The summed E-state index contributed by atoms with van der Waals surface area (Å²) < 4.78 is 0. The zero-order valence-corrected chi connectivity index (χ0v) is 21.5. The quantitative estimate of drug-likeness (QED) is 0.564. The van der Waals surface area contributed by atoms with Gasteiger partial charge in [-0.1, -0.05) is 48.5 Å². The molecule has 0 atom stereocenters. The van der Waals surface area contributed by atoms with Crippen LogP contribution in [0.1, 0.15) is 39.3 Å². The molecule has 0 bridgehead atoms. The first kappa shape index (κ1) is 25.1. The van der Waals surface area contributed by atoms with Crippen molar-refractivity contribution in [2.24, 2.45) is 0 Å². The lowest BCUT2D eigenvalue weighted by Gasteiger charge is -2.32. The fraction of sp³-hybridized carbons (Fsp3) is 0.367. The second-order valence-electron chi connectivity index (χ2n) is 10.1. The van der Waals surface area contributed by atoms with Crippen LogP contribution in [-0.2, 0) is 6.54 Å². The first-order valence-electron chi connectivity index (χ1n) is 13.2. The molecule has 2 aliphatic heterocycles. The van der Waals surface area contributed by atoms with E-state index in [1.165, 1.54) is 5.56 Å². The van der Waals surface area contributed by atoms with Crippen molar-refractivity contribution in [1.82, 2.24) is 25.0 Å². The predicted octanol–water partition coefficient (Wildman–Crippen LogP) is 3.53. The topological polar surface area (TPSA) is 68.8 Å². The summed E-state index contributed by atoms with van der Waals surface area (Å²) in [5.41, 5.74) is 4.04. The van der Waals surface area contributed by atoms with E-state index in [2.05, 4.69) is 51.4 Å². The highest BCUT2D eigenvalue weighted by Gasteiger charge is 2.22. The molecule has 2 amide bonds. The van der Waals surface area contributed by atoms with Gasteiger partial charge in [-0.25, -0.2) is 4.98 Å². The maximum atomic E-state index is 13.0. The molecule has 2 aliphatic rings. The van der Waals surface area contributed by atoms with E-state index in [4.69, 9.17) is 0 Å². The van der Waals surface area contributed by atoms with Gasteiger partial charge < -0.3 is 15.1 Å². The van der Waals surface area contributed by atoms with Crippen LogP contribution in [0.25, 0.3) is 11.3 Å². The van der Waals surface area contributed by atoms with E-state index in [9.17, 15) is 9.59 Å². The van der Waals surface area contributed by atoms with Crippen LogP contribution < -0.4 is 5.32 Å². The van der Waals surface area contributed by atoms with Crippen LogP contribution in [0.15, 0.2) is 72.8 Å². The maximum Gasteiger partial charge on any atom is 0.270 e. The van der Waals surface area contributed by atoms with Crippen LogP contribution in [-0.4, -0.2) is 83.9 Å². The predicted molar refractivity (Wildman–Crippen MR) is 145 cm³/mol. The standard InChI is InChI=1S/C30H35N5O2/c1-33-18-20-35(21-19-33)30(37)25-12-10-24(11-13-25)27-8-5-9-28(32-27)29(36)31-26-14-16-34(17-15-26)22-23-6-3-2-4-7-23/h2-13,26H,14-22H2,1H3,(H,31,36). The molecule has 5 rings (SSSR count). The second-order valence-corrected chi connectivity index (χ2v) is 10.1. The average molecular weight is 498 g/mol. The van der Waals surface area contributed by atoms with E-state index < -0.39 is 0 Å². The van der Waals surface area contributed by atoms with Gasteiger partial charge in [0.15, 0.2) is 0 Å². The minimum absolute atomic E-state index is 0.0653. The molecular weight excluding hydrogens is 462 g/mol. The number of amides is 2. The van der Waals surface area contributed by atoms with Gasteiger partial charge in [-0.3, -0.25) is 14.5 Å². The van der Waals surface area contributed by atoms with E-state index in [-0.39, 0.29) is 17.9 Å². The molecule has 0 unspecified atom stereocenters. The highest BCUT2D eigenvalue weighted by atomic mass is 16.2. The SMILES string of the molecule is CN1CCN(C(=O)c2ccc(-c3cccc(C(=O)NC4CCN(Cc5ccccc5)CC4)n3)cc2)CC1. The fourth-order valence-corrected chi connectivity index (χ4v) is 5.03. The normalized spacial score (nSPS) is 17.5. The highest BCUT2D eigenvalue weighted by molar-refractivity contribution is 5.95. The Morgan fingerprint density at radius 2 is 1.54 bits per heavy atom. The lowest BCUT2D eigenvalue weighted by Crippen LogP contribution is -2.47. The van der Waals surface area contributed by atoms with E-state index in [0.717, 1.165) is 69.9 Å². The second kappa shape index (κ2) is 11.7. The first-order chi connectivity index (χ1) is 18.0. The fourth-order valence-electron chi connectivity index (χ4n) is 5.03. The smallest absolute Gasteiger partial charge is 0.270 e. The molecule has 192 valence electrons. The third-order valence-electron chi connectivity index (χ3n) is 7.37. The van der Waals surface area contributed by atoms with Crippen molar-refractivity contribution >= 4 is 11.8 Å². The van der Waals surface area contributed by atoms with Crippen LogP contribution in [0.3, 0.4) is 0 Å². The number of hydrogen-bond acceptors (Lipinski definition) is 5. The Morgan fingerprint density at radius 3 is 2.24 bits per heavy atom. The monoisotopic (exact) mass is 497 g/mol. The van der Waals surface area contributed by atoms with Crippen molar-refractivity contribution in [3.05, 3.63) is 89.6 Å². The maximum absolute atomic E-state index is 13.0. The molecule has 7 heteroatoms. The first-order valence-corrected chi connectivity index (χ1v) is 13.2. The molecule has 0 aliphatic carbocycles. The summed E-state index contributed by atoms with van der Waals surface area (Å²) in [6.45, 7) is 6.18. The van der Waals surface area contributed by atoms with Crippen molar-refractivity contribution in [3.63, 3.8) is 0 Å². The molecule has 37 heavy (non-hydrogen) atoms. The van der Waals surface area contributed by atoms with Gasteiger partial charge in [-0.05, 0) is 49.7 Å². The third kappa shape index (κ3) is 6.42. The van der Waals surface area contributed by atoms with Crippen molar-refractivity contribution in [2.75, 3.05) is 46.3 Å². The Labute approximate surface area is 219 Å². The minimum Gasteiger partial charge on any atom is -0.348 e. The number of rotatable bonds is 6. The molecule has 0 spiro atoms. The van der Waals surface area contributed by atoms with Crippen LogP contribution in [0.4, 0.5) is 0 Å². The zero-order valence-electron chi connectivity index (χ0n) is 21.5. The van der Waals surface area contributed by atoms with Crippen LogP contribution in [0.5, 0.6) is 0 Å².